The summed E-state index contributed by atoms with van der Waals surface area (Å²) in [6.07, 6.45) is -0.522. The second kappa shape index (κ2) is 5.02. The highest BCUT2D eigenvalue weighted by atomic mass is 16.5. The van der Waals surface area contributed by atoms with Crippen LogP contribution in [0.5, 0.6) is 5.75 Å². The Balaban J connectivity index is 1.99. The molecule has 4 heteroatoms. The zero-order chi connectivity index (χ0) is 14.3. The van der Waals surface area contributed by atoms with Crippen molar-refractivity contribution in [3.63, 3.8) is 0 Å². The molecule has 1 fully saturated rings. The maximum atomic E-state index is 10.9. The van der Waals surface area contributed by atoms with E-state index in [1.165, 1.54) is 0 Å². The average Bonchev–Trinajstić information content (AvgIpc) is 2.41. The van der Waals surface area contributed by atoms with Gasteiger partial charge in [0.25, 0.3) is 0 Å². The minimum absolute atomic E-state index is 0.0410. The number of hydrogen-bond acceptors (Lipinski definition) is 4. The van der Waals surface area contributed by atoms with E-state index in [4.69, 9.17) is 9.47 Å². The molecule has 1 aromatic carbocycles. The van der Waals surface area contributed by atoms with Crippen molar-refractivity contribution in [2.45, 2.75) is 38.5 Å². The molecule has 1 aromatic rings. The van der Waals surface area contributed by atoms with Crippen molar-refractivity contribution in [2.24, 2.45) is 0 Å². The van der Waals surface area contributed by atoms with Gasteiger partial charge in [0.1, 0.15) is 17.5 Å². The summed E-state index contributed by atoms with van der Waals surface area (Å²) in [5, 5.41) is 10.9. The topological polar surface area (TPSA) is 41.9 Å². The number of para-hydroxylation sites is 1. The van der Waals surface area contributed by atoms with E-state index in [0.717, 1.165) is 43.2 Å². The maximum Gasteiger partial charge on any atom is 0.128 e. The fraction of sp³-hybridized carbons (Fsp3) is 0.625. The zero-order valence-electron chi connectivity index (χ0n) is 12.4. The van der Waals surface area contributed by atoms with Gasteiger partial charge < -0.3 is 14.6 Å². The molecular weight excluding hydrogens is 254 g/mol. The number of morpholine rings is 1. The summed E-state index contributed by atoms with van der Waals surface area (Å²) in [5.41, 5.74) is 1.56. The summed E-state index contributed by atoms with van der Waals surface area (Å²) in [6.45, 7) is 9.28. The molecule has 0 aromatic heterocycles. The van der Waals surface area contributed by atoms with E-state index >= 15 is 0 Å². The molecule has 0 spiro atoms. The summed E-state index contributed by atoms with van der Waals surface area (Å²) in [5.74, 6) is 0.842. The van der Waals surface area contributed by atoms with Crippen LogP contribution in [0.15, 0.2) is 18.2 Å². The molecule has 2 aliphatic rings. The summed E-state index contributed by atoms with van der Waals surface area (Å²) in [4.78, 5) is 2.29. The van der Waals surface area contributed by atoms with Crippen LogP contribution in [0.4, 0.5) is 0 Å². The number of fused-ring (bicyclic) bond motifs is 1. The molecule has 20 heavy (non-hydrogen) atoms. The lowest BCUT2D eigenvalue weighted by Gasteiger charge is -2.49. The average molecular weight is 277 g/mol. The van der Waals surface area contributed by atoms with Crippen LogP contribution in [0.25, 0.3) is 0 Å². The van der Waals surface area contributed by atoms with Crippen LogP contribution in [-0.4, -0.2) is 48.0 Å². The molecule has 0 saturated carbocycles. The molecule has 0 radical (unpaired) electrons. The molecule has 1 N–H and O–H groups in total. The number of aryl methyl sites for hydroxylation is 1. The van der Waals surface area contributed by atoms with Gasteiger partial charge in [-0.25, -0.2) is 0 Å². The van der Waals surface area contributed by atoms with Crippen LogP contribution < -0.4 is 4.74 Å². The van der Waals surface area contributed by atoms with Crippen molar-refractivity contribution < 1.29 is 14.6 Å². The number of benzene rings is 1. The van der Waals surface area contributed by atoms with E-state index in [2.05, 4.69) is 18.7 Å². The molecule has 2 unspecified atom stereocenters. The van der Waals surface area contributed by atoms with E-state index in [-0.39, 0.29) is 6.04 Å². The SMILES string of the molecule is Cc1cccc2c1OC(C)(C)C(N1CCOCC1)C2O. The van der Waals surface area contributed by atoms with Gasteiger partial charge in [0, 0.05) is 18.7 Å². The molecule has 1 saturated heterocycles. The van der Waals surface area contributed by atoms with Crippen LogP contribution >= 0.6 is 0 Å². The fourth-order valence-electron chi connectivity index (χ4n) is 3.42. The van der Waals surface area contributed by atoms with E-state index < -0.39 is 11.7 Å². The van der Waals surface area contributed by atoms with Gasteiger partial charge in [-0.2, -0.15) is 0 Å². The van der Waals surface area contributed by atoms with Crippen molar-refractivity contribution in [3.05, 3.63) is 29.3 Å². The zero-order valence-corrected chi connectivity index (χ0v) is 12.4. The maximum absolute atomic E-state index is 10.9. The van der Waals surface area contributed by atoms with Crippen LogP contribution in [0.1, 0.15) is 31.1 Å². The second-order valence-electron chi connectivity index (χ2n) is 6.24. The Kier molecular flexibility index (Phi) is 3.48. The van der Waals surface area contributed by atoms with E-state index in [1.54, 1.807) is 0 Å². The number of aliphatic hydroxyl groups excluding tert-OH is 1. The number of aliphatic hydroxyl groups is 1. The summed E-state index contributed by atoms with van der Waals surface area (Å²) in [7, 11) is 0. The first-order valence-electron chi connectivity index (χ1n) is 7.29. The Labute approximate surface area is 120 Å². The van der Waals surface area contributed by atoms with Crippen LogP contribution in [0.3, 0.4) is 0 Å². The number of rotatable bonds is 1. The van der Waals surface area contributed by atoms with Crippen LogP contribution in [0.2, 0.25) is 0 Å². The quantitative estimate of drug-likeness (QED) is 0.851. The van der Waals surface area contributed by atoms with Crippen LogP contribution in [-0.2, 0) is 4.74 Å². The van der Waals surface area contributed by atoms with Crippen molar-refractivity contribution in [2.75, 3.05) is 26.3 Å². The van der Waals surface area contributed by atoms with Gasteiger partial charge in [-0.3, -0.25) is 4.90 Å². The number of hydrogen-bond donors (Lipinski definition) is 1. The Morgan fingerprint density at radius 2 is 1.95 bits per heavy atom. The standard InChI is InChI=1S/C16H23NO3/c1-11-5-4-6-12-13(18)15(16(2,3)20-14(11)12)17-7-9-19-10-8-17/h4-6,13,15,18H,7-10H2,1-3H3. The van der Waals surface area contributed by atoms with Gasteiger partial charge >= 0.3 is 0 Å². The van der Waals surface area contributed by atoms with Gasteiger partial charge in [-0.05, 0) is 26.3 Å². The monoisotopic (exact) mass is 277 g/mol. The Morgan fingerprint density at radius 1 is 1.25 bits per heavy atom. The van der Waals surface area contributed by atoms with Gasteiger partial charge in [0.15, 0.2) is 0 Å². The van der Waals surface area contributed by atoms with Crippen LogP contribution in [0, 0.1) is 6.92 Å². The summed E-state index contributed by atoms with van der Waals surface area (Å²) >= 11 is 0. The fourth-order valence-corrected chi connectivity index (χ4v) is 3.42. The Morgan fingerprint density at radius 3 is 2.65 bits per heavy atom. The van der Waals surface area contributed by atoms with Gasteiger partial charge in [-0.1, -0.05) is 18.2 Å². The molecule has 2 atom stereocenters. The highest BCUT2D eigenvalue weighted by Crippen LogP contribution is 2.43. The first-order chi connectivity index (χ1) is 9.50. The molecule has 0 bridgehead atoms. The lowest BCUT2D eigenvalue weighted by molar-refractivity contribution is -0.107. The molecule has 2 heterocycles. The van der Waals surface area contributed by atoms with Gasteiger partial charge in [0.05, 0.1) is 19.3 Å². The predicted octanol–water partition coefficient (Wildman–Crippen LogP) is 1.90. The third-order valence-corrected chi connectivity index (χ3v) is 4.38. The predicted molar refractivity (Wildman–Crippen MR) is 77.0 cm³/mol. The van der Waals surface area contributed by atoms with Gasteiger partial charge in [0.2, 0.25) is 0 Å². The molecular formula is C16H23NO3. The highest BCUT2D eigenvalue weighted by Gasteiger charge is 2.46. The summed E-state index contributed by atoms with van der Waals surface area (Å²) in [6, 6.07) is 5.93. The summed E-state index contributed by atoms with van der Waals surface area (Å²) < 4.78 is 11.7. The minimum Gasteiger partial charge on any atom is -0.485 e. The minimum atomic E-state index is -0.522. The molecule has 0 amide bonds. The van der Waals surface area contributed by atoms with E-state index in [1.807, 2.05) is 25.1 Å². The molecule has 110 valence electrons. The van der Waals surface area contributed by atoms with E-state index in [0.29, 0.717) is 0 Å². The Hall–Kier alpha value is -1.10. The first-order valence-corrected chi connectivity index (χ1v) is 7.29. The lowest BCUT2D eigenvalue weighted by Crippen LogP contribution is -2.60. The smallest absolute Gasteiger partial charge is 0.128 e. The van der Waals surface area contributed by atoms with Crippen molar-refractivity contribution in [1.29, 1.82) is 0 Å². The van der Waals surface area contributed by atoms with Crippen molar-refractivity contribution in [1.82, 2.24) is 4.90 Å². The molecule has 2 aliphatic heterocycles. The molecule has 4 nitrogen and oxygen atoms in total. The number of ether oxygens (including phenoxy) is 2. The van der Waals surface area contributed by atoms with E-state index in [9.17, 15) is 5.11 Å². The normalized spacial score (nSPS) is 29.6. The number of nitrogens with zero attached hydrogens (tertiary/aromatic N) is 1. The van der Waals surface area contributed by atoms with Crippen molar-refractivity contribution >= 4 is 0 Å². The third kappa shape index (κ3) is 2.22. The highest BCUT2D eigenvalue weighted by molar-refractivity contribution is 5.45. The molecule has 0 aliphatic carbocycles. The largest absolute Gasteiger partial charge is 0.485 e. The first kappa shape index (κ1) is 13.9. The van der Waals surface area contributed by atoms with Crippen molar-refractivity contribution in [3.8, 4) is 5.75 Å². The molecule has 3 rings (SSSR count). The second-order valence-corrected chi connectivity index (χ2v) is 6.24. The lowest BCUT2D eigenvalue weighted by atomic mass is 9.84. The van der Waals surface area contributed by atoms with Gasteiger partial charge in [-0.15, -0.1) is 0 Å². The Bertz CT molecular complexity index is 494. The third-order valence-electron chi connectivity index (χ3n) is 4.38.